The van der Waals surface area contributed by atoms with Crippen molar-refractivity contribution in [2.45, 2.75) is 32.0 Å². The fraction of sp³-hybridized carbons (Fsp3) is 0.333. The van der Waals surface area contributed by atoms with Gasteiger partial charge >= 0.3 is 0 Å². The monoisotopic (exact) mass is 212 g/mol. The van der Waals surface area contributed by atoms with E-state index in [1.165, 1.54) is 22.8 Å². The van der Waals surface area contributed by atoms with Crippen molar-refractivity contribution in [3.8, 4) is 0 Å². The highest BCUT2D eigenvalue weighted by atomic mass is 16.5. The largest absolute Gasteiger partial charge is 0.371 e. The summed E-state index contributed by atoms with van der Waals surface area (Å²) in [6.07, 6.45) is 3.05. The minimum absolute atomic E-state index is 0.305. The van der Waals surface area contributed by atoms with Crippen LogP contribution in [0.25, 0.3) is 10.8 Å². The second kappa shape index (κ2) is 3.91. The molecule has 1 heterocycles. The average Bonchev–Trinajstić information content (AvgIpc) is 2.75. The highest BCUT2D eigenvalue weighted by Gasteiger charge is 2.23. The van der Waals surface area contributed by atoms with E-state index in [9.17, 15) is 0 Å². The number of benzene rings is 2. The van der Waals surface area contributed by atoms with Crippen LogP contribution in [0.1, 0.15) is 31.4 Å². The molecule has 0 spiro atoms. The Morgan fingerprint density at radius 1 is 1.00 bits per heavy atom. The van der Waals surface area contributed by atoms with E-state index < -0.39 is 0 Å². The van der Waals surface area contributed by atoms with Crippen molar-refractivity contribution in [3.63, 3.8) is 0 Å². The Bertz CT molecular complexity index is 504. The number of fused-ring (bicyclic) bond motifs is 1. The molecule has 0 bridgehead atoms. The van der Waals surface area contributed by atoms with E-state index in [4.69, 9.17) is 4.74 Å². The van der Waals surface area contributed by atoms with Crippen molar-refractivity contribution in [2.75, 3.05) is 0 Å². The van der Waals surface area contributed by atoms with Gasteiger partial charge in [-0.25, -0.2) is 0 Å². The Hall–Kier alpha value is -1.34. The van der Waals surface area contributed by atoms with Crippen molar-refractivity contribution in [1.82, 2.24) is 0 Å². The van der Waals surface area contributed by atoms with Gasteiger partial charge in [-0.2, -0.15) is 0 Å². The van der Waals surface area contributed by atoms with Crippen LogP contribution in [0.15, 0.2) is 42.5 Å². The molecule has 2 aromatic carbocycles. The van der Waals surface area contributed by atoms with E-state index in [1.54, 1.807) is 0 Å². The standard InChI is InChI=1S/C15H16O/c1-11-6-9-15(16-11)14-8-7-12-4-2-3-5-13(12)10-14/h2-5,7-8,10-11,15H,6,9H2,1H3/t11-,15-/m0/s1. The smallest absolute Gasteiger partial charge is 0.0829 e. The predicted octanol–water partition coefficient (Wildman–Crippen LogP) is 4.08. The van der Waals surface area contributed by atoms with Gasteiger partial charge in [0.1, 0.15) is 0 Å². The average molecular weight is 212 g/mol. The third-order valence-corrected chi connectivity index (χ3v) is 3.38. The summed E-state index contributed by atoms with van der Waals surface area (Å²) in [6.45, 7) is 2.15. The van der Waals surface area contributed by atoms with Gasteiger partial charge in [-0.15, -0.1) is 0 Å². The molecule has 1 fully saturated rings. The number of hydrogen-bond donors (Lipinski definition) is 0. The van der Waals surface area contributed by atoms with E-state index >= 15 is 0 Å². The molecule has 0 aliphatic carbocycles. The van der Waals surface area contributed by atoms with Crippen LogP contribution in [0, 0.1) is 0 Å². The zero-order chi connectivity index (χ0) is 11.0. The van der Waals surface area contributed by atoms with Crippen molar-refractivity contribution in [1.29, 1.82) is 0 Å². The topological polar surface area (TPSA) is 9.23 Å². The summed E-state index contributed by atoms with van der Waals surface area (Å²) in [6, 6.07) is 15.1. The lowest BCUT2D eigenvalue weighted by atomic mass is 10.0. The molecule has 16 heavy (non-hydrogen) atoms. The van der Waals surface area contributed by atoms with Crippen molar-refractivity contribution in [2.24, 2.45) is 0 Å². The number of rotatable bonds is 1. The zero-order valence-corrected chi connectivity index (χ0v) is 9.52. The molecule has 0 amide bonds. The summed E-state index contributed by atoms with van der Waals surface area (Å²) in [5.41, 5.74) is 1.32. The molecule has 0 N–H and O–H groups in total. The minimum atomic E-state index is 0.305. The van der Waals surface area contributed by atoms with Crippen LogP contribution < -0.4 is 0 Å². The maximum absolute atomic E-state index is 5.90. The summed E-state index contributed by atoms with van der Waals surface area (Å²) in [5.74, 6) is 0. The Kier molecular flexibility index (Phi) is 2.41. The summed E-state index contributed by atoms with van der Waals surface area (Å²) in [5, 5.41) is 2.61. The Morgan fingerprint density at radius 2 is 1.81 bits per heavy atom. The van der Waals surface area contributed by atoms with E-state index in [-0.39, 0.29) is 0 Å². The normalized spacial score (nSPS) is 25.1. The number of hydrogen-bond acceptors (Lipinski definition) is 1. The maximum atomic E-state index is 5.90. The Morgan fingerprint density at radius 3 is 2.56 bits per heavy atom. The molecule has 0 saturated carbocycles. The van der Waals surface area contributed by atoms with E-state index in [0.29, 0.717) is 12.2 Å². The SMILES string of the molecule is C[C@H]1CC[C@@H](c2ccc3ccccc3c2)O1. The first kappa shape index (κ1) is 9.86. The fourth-order valence-electron chi connectivity index (χ4n) is 2.46. The van der Waals surface area contributed by atoms with Crippen LogP contribution >= 0.6 is 0 Å². The minimum Gasteiger partial charge on any atom is -0.371 e. The molecule has 0 aromatic heterocycles. The molecule has 0 radical (unpaired) electrons. The Labute approximate surface area is 96.0 Å². The van der Waals surface area contributed by atoms with Crippen molar-refractivity contribution in [3.05, 3.63) is 48.0 Å². The molecule has 0 unspecified atom stereocenters. The summed E-state index contributed by atoms with van der Waals surface area (Å²) < 4.78 is 5.90. The van der Waals surface area contributed by atoms with Gasteiger partial charge in [0, 0.05) is 0 Å². The van der Waals surface area contributed by atoms with E-state index in [2.05, 4.69) is 49.4 Å². The lowest BCUT2D eigenvalue weighted by Crippen LogP contribution is -2.00. The first-order chi connectivity index (χ1) is 7.83. The van der Waals surface area contributed by atoms with Gasteiger partial charge in [0.05, 0.1) is 12.2 Å². The van der Waals surface area contributed by atoms with Gasteiger partial charge in [0.25, 0.3) is 0 Å². The van der Waals surface area contributed by atoms with Gasteiger partial charge in [0.2, 0.25) is 0 Å². The van der Waals surface area contributed by atoms with Gasteiger partial charge < -0.3 is 4.74 Å². The second-order valence-electron chi connectivity index (χ2n) is 4.62. The van der Waals surface area contributed by atoms with Gasteiger partial charge in [-0.1, -0.05) is 36.4 Å². The quantitative estimate of drug-likeness (QED) is 0.692. The molecule has 1 nitrogen and oxygen atoms in total. The van der Waals surface area contributed by atoms with Crippen molar-refractivity contribution >= 4 is 10.8 Å². The molecule has 3 rings (SSSR count). The van der Waals surface area contributed by atoms with Gasteiger partial charge in [-0.3, -0.25) is 0 Å². The Balaban J connectivity index is 1.99. The highest BCUT2D eigenvalue weighted by Crippen LogP contribution is 2.33. The van der Waals surface area contributed by atoms with Crippen LogP contribution in [0.4, 0.5) is 0 Å². The highest BCUT2D eigenvalue weighted by molar-refractivity contribution is 5.83. The van der Waals surface area contributed by atoms with Gasteiger partial charge in [-0.05, 0) is 42.2 Å². The maximum Gasteiger partial charge on any atom is 0.0829 e. The molecular weight excluding hydrogens is 196 g/mol. The predicted molar refractivity (Wildman–Crippen MR) is 66.5 cm³/mol. The second-order valence-corrected chi connectivity index (χ2v) is 4.62. The first-order valence-electron chi connectivity index (χ1n) is 5.97. The molecule has 1 aliphatic rings. The lowest BCUT2D eigenvalue weighted by molar-refractivity contribution is 0.0556. The summed E-state index contributed by atoms with van der Waals surface area (Å²) >= 11 is 0. The molecule has 2 atom stereocenters. The zero-order valence-electron chi connectivity index (χ0n) is 9.52. The van der Waals surface area contributed by atoms with Crippen molar-refractivity contribution < 1.29 is 4.74 Å². The summed E-state index contributed by atoms with van der Waals surface area (Å²) in [4.78, 5) is 0. The van der Waals surface area contributed by atoms with Crippen LogP contribution in [-0.2, 0) is 4.74 Å². The third kappa shape index (κ3) is 1.72. The number of ether oxygens (including phenoxy) is 1. The van der Waals surface area contributed by atoms with Crippen LogP contribution in [0.2, 0.25) is 0 Å². The molecular formula is C15H16O. The van der Waals surface area contributed by atoms with Crippen LogP contribution in [0.3, 0.4) is 0 Å². The van der Waals surface area contributed by atoms with E-state index in [0.717, 1.165) is 6.42 Å². The first-order valence-corrected chi connectivity index (χ1v) is 5.97. The summed E-state index contributed by atoms with van der Waals surface area (Å²) in [7, 11) is 0. The molecule has 1 heteroatoms. The fourth-order valence-corrected chi connectivity index (χ4v) is 2.46. The lowest BCUT2D eigenvalue weighted by Gasteiger charge is -2.12. The molecule has 1 aliphatic heterocycles. The molecule has 2 aromatic rings. The molecule has 1 saturated heterocycles. The van der Waals surface area contributed by atoms with Crippen LogP contribution in [-0.4, -0.2) is 6.10 Å². The van der Waals surface area contributed by atoms with Gasteiger partial charge in [0.15, 0.2) is 0 Å². The molecule has 82 valence electrons. The third-order valence-electron chi connectivity index (χ3n) is 3.38. The van der Waals surface area contributed by atoms with Crippen LogP contribution in [0.5, 0.6) is 0 Å². The van der Waals surface area contributed by atoms with E-state index in [1.807, 2.05) is 0 Å².